The van der Waals surface area contributed by atoms with Crippen LogP contribution < -0.4 is 0 Å². The number of benzene rings is 2. The molecule has 0 aliphatic heterocycles. The minimum Gasteiger partial charge on any atom is -0.461 e. The summed E-state index contributed by atoms with van der Waals surface area (Å²) in [7, 11) is 0. The van der Waals surface area contributed by atoms with Crippen LogP contribution in [0.2, 0.25) is 0 Å². The van der Waals surface area contributed by atoms with Crippen molar-refractivity contribution >= 4 is 29.0 Å². The van der Waals surface area contributed by atoms with Crippen LogP contribution in [-0.2, 0) is 4.74 Å². The van der Waals surface area contributed by atoms with Crippen molar-refractivity contribution in [2.45, 2.75) is 13.8 Å². The van der Waals surface area contributed by atoms with E-state index < -0.39 is 0 Å². The fraction of sp³-hybridized carbons (Fsp3) is 0.150. The van der Waals surface area contributed by atoms with E-state index in [1.165, 1.54) is 0 Å². The van der Waals surface area contributed by atoms with Crippen LogP contribution in [0.25, 0.3) is 16.8 Å². The Bertz CT molecular complexity index is 1120. The number of carbonyl (C=O) groups excluding carboxylic acids is 1. The summed E-state index contributed by atoms with van der Waals surface area (Å²) in [5, 5.41) is 4.61. The number of fused-ring (bicyclic) bond motifs is 3. The molecule has 0 amide bonds. The van der Waals surface area contributed by atoms with Crippen LogP contribution in [0.3, 0.4) is 0 Å². The molecule has 0 radical (unpaired) electrons. The molecule has 4 aromatic rings. The van der Waals surface area contributed by atoms with Crippen LogP contribution in [0.5, 0.6) is 0 Å². The van der Waals surface area contributed by atoms with E-state index >= 15 is 0 Å². The maximum absolute atomic E-state index is 12.4. The van der Waals surface area contributed by atoms with Gasteiger partial charge in [0.05, 0.1) is 29.5 Å². The van der Waals surface area contributed by atoms with E-state index in [2.05, 4.69) is 10.1 Å². The van der Waals surface area contributed by atoms with Gasteiger partial charge < -0.3 is 4.74 Å². The lowest BCUT2D eigenvalue weighted by atomic mass is 10.2. The van der Waals surface area contributed by atoms with E-state index in [0.29, 0.717) is 23.8 Å². The topological polar surface area (TPSA) is 60.9 Å². The highest BCUT2D eigenvalue weighted by molar-refractivity contribution is 5.94. The van der Waals surface area contributed by atoms with Gasteiger partial charge in [-0.2, -0.15) is 9.78 Å². The summed E-state index contributed by atoms with van der Waals surface area (Å²) in [6, 6.07) is 17.6. The molecule has 6 nitrogen and oxygen atoms in total. The molecule has 2 heterocycles. The minimum absolute atomic E-state index is 0.316. The summed E-state index contributed by atoms with van der Waals surface area (Å²) in [6.07, 6.45) is 1.78. The van der Waals surface area contributed by atoms with Crippen LogP contribution in [0.1, 0.15) is 28.7 Å². The number of nitrogens with zero attached hydrogens (tertiary/aromatic N) is 4. The Kier molecular flexibility index (Phi) is 4.01. The van der Waals surface area contributed by atoms with E-state index in [0.717, 1.165) is 16.6 Å². The number of imidazole rings is 2. The molecule has 4 rings (SSSR count). The van der Waals surface area contributed by atoms with Crippen molar-refractivity contribution in [1.82, 2.24) is 14.1 Å². The molecule has 0 unspecified atom stereocenters. The van der Waals surface area contributed by atoms with Crippen molar-refractivity contribution in [2.75, 3.05) is 6.61 Å². The van der Waals surface area contributed by atoms with E-state index in [4.69, 9.17) is 4.74 Å². The van der Waals surface area contributed by atoms with E-state index in [1.54, 1.807) is 24.7 Å². The summed E-state index contributed by atoms with van der Waals surface area (Å²) >= 11 is 0. The van der Waals surface area contributed by atoms with Gasteiger partial charge in [-0.05, 0) is 31.5 Å². The predicted molar refractivity (Wildman–Crippen MR) is 101 cm³/mol. The maximum Gasteiger partial charge on any atom is 0.357 e. The van der Waals surface area contributed by atoms with Gasteiger partial charge in [-0.3, -0.25) is 4.40 Å². The third-order valence-corrected chi connectivity index (χ3v) is 4.16. The molecule has 130 valence electrons. The van der Waals surface area contributed by atoms with Crippen molar-refractivity contribution < 1.29 is 9.53 Å². The SMILES string of the molecule is CCOC(=O)c1c(C)nc2n(/N=C/c3ccccc3)c3ccccc3n12. The maximum atomic E-state index is 12.4. The summed E-state index contributed by atoms with van der Waals surface area (Å²) in [6.45, 7) is 3.91. The van der Waals surface area contributed by atoms with Crippen molar-refractivity contribution in [3.05, 3.63) is 71.5 Å². The van der Waals surface area contributed by atoms with Crippen LogP contribution in [0.15, 0.2) is 59.7 Å². The molecule has 0 aliphatic carbocycles. The number of hydrogen-bond donors (Lipinski definition) is 0. The summed E-state index contributed by atoms with van der Waals surface area (Å²) in [4.78, 5) is 17.0. The Balaban J connectivity index is 1.96. The van der Waals surface area contributed by atoms with Crippen molar-refractivity contribution in [2.24, 2.45) is 5.10 Å². The van der Waals surface area contributed by atoms with Gasteiger partial charge in [-0.1, -0.05) is 42.5 Å². The van der Waals surface area contributed by atoms with Gasteiger partial charge in [0, 0.05) is 0 Å². The Morgan fingerprint density at radius 1 is 1.12 bits per heavy atom. The minimum atomic E-state index is -0.382. The first-order valence-corrected chi connectivity index (χ1v) is 8.45. The molecule has 0 saturated carbocycles. The van der Waals surface area contributed by atoms with Crippen LogP contribution in [-0.4, -0.2) is 32.9 Å². The van der Waals surface area contributed by atoms with Gasteiger partial charge in [-0.25, -0.2) is 9.78 Å². The first-order valence-electron chi connectivity index (χ1n) is 8.45. The Labute approximate surface area is 150 Å². The molecule has 2 aromatic carbocycles. The Morgan fingerprint density at radius 3 is 2.54 bits per heavy atom. The lowest BCUT2D eigenvalue weighted by molar-refractivity contribution is 0.0518. The van der Waals surface area contributed by atoms with E-state index in [9.17, 15) is 4.79 Å². The normalized spacial score (nSPS) is 11.6. The molecule has 0 spiro atoms. The predicted octanol–water partition coefficient (Wildman–Crippen LogP) is 3.66. The number of hydrogen-bond acceptors (Lipinski definition) is 4. The first-order chi connectivity index (χ1) is 12.7. The molecule has 6 heteroatoms. The smallest absolute Gasteiger partial charge is 0.357 e. The zero-order valence-corrected chi connectivity index (χ0v) is 14.6. The molecule has 0 bridgehead atoms. The Morgan fingerprint density at radius 2 is 1.81 bits per heavy atom. The average molecular weight is 346 g/mol. The van der Waals surface area contributed by atoms with Gasteiger partial charge in [0.15, 0.2) is 5.69 Å². The molecular formula is C20H18N4O2. The zero-order chi connectivity index (χ0) is 18.1. The second-order valence-electron chi connectivity index (χ2n) is 5.86. The molecule has 0 fully saturated rings. The monoisotopic (exact) mass is 346 g/mol. The standard InChI is InChI=1S/C20H18N4O2/c1-3-26-19(25)18-14(2)22-20-23(18)16-11-7-8-12-17(16)24(20)21-13-15-9-5-4-6-10-15/h4-13H,3H2,1-2H3/b21-13+. The van der Waals surface area contributed by atoms with Crippen LogP contribution in [0, 0.1) is 6.92 Å². The summed E-state index contributed by atoms with van der Waals surface area (Å²) in [5.41, 5.74) is 3.76. The second kappa shape index (κ2) is 6.48. The van der Waals surface area contributed by atoms with E-state index in [1.807, 2.05) is 59.0 Å². The number of ether oxygens (including phenoxy) is 1. The zero-order valence-electron chi connectivity index (χ0n) is 14.6. The molecule has 0 aliphatic rings. The number of aromatic nitrogens is 3. The number of rotatable bonds is 4. The number of aryl methyl sites for hydroxylation is 1. The number of carbonyl (C=O) groups is 1. The lowest BCUT2D eigenvalue weighted by Gasteiger charge is -2.01. The van der Waals surface area contributed by atoms with Crippen molar-refractivity contribution in [3.63, 3.8) is 0 Å². The highest BCUT2D eigenvalue weighted by Crippen LogP contribution is 2.24. The molecular weight excluding hydrogens is 328 g/mol. The summed E-state index contributed by atoms with van der Waals surface area (Å²) < 4.78 is 8.77. The average Bonchev–Trinajstić information content (AvgIpc) is 3.14. The lowest BCUT2D eigenvalue weighted by Crippen LogP contribution is -2.09. The fourth-order valence-electron chi connectivity index (χ4n) is 3.04. The number of para-hydroxylation sites is 2. The van der Waals surface area contributed by atoms with Gasteiger partial charge in [0.2, 0.25) is 5.78 Å². The molecule has 0 atom stereocenters. The molecule has 2 aromatic heterocycles. The third kappa shape index (κ3) is 2.56. The summed E-state index contributed by atoms with van der Waals surface area (Å²) in [5.74, 6) is 0.200. The van der Waals surface area contributed by atoms with Crippen molar-refractivity contribution in [1.29, 1.82) is 0 Å². The molecule has 0 saturated heterocycles. The van der Waals surface area contributed by atoms with Crippen molar-refractivity contribution in [3.8, 4) is 0 Å². The van der Waals surface area contributed by atoms with Gasteiger partial charge in [0.25, 0.3) is 0 Å². The van der Waals surface area contributed by atoms with Gasteiger partial charge >= 0.3 is 5.97 Å². The highest BCUT2D eigenvalue weighted by Gasteiger charge is 2.23. The van der Waals surface area contributed by atoms with Crippen LogP contribution in [0.4, 0.5) is 0 Å². The van der Waals surface area contributed by atoms with E-state index in [-0.39, 0.29) is 5.97 Å². The van der Waals surface area contributed by atoms with Crippen LogP contribution >= 0.6 is 0 Å². The highest BCUT2D eigenvalue weighted by atomic mass is 16.5. The largest absolute Gasteiger partial charge is 0.461 e. The Hall–Kier alpha value is -3.41. The number of esters is 1. The quantitative estimate of drug-likeness (QED) is 0.418. The third-order valence-electron chi connectivity index (χ3n) is 4.16. The molecule has 0 N–H and O–H groups in total. The second-order valence-corrected chi connectivity index (χ2v) is 5.86. The van der Waals surface area contributed by atoms with Gasteiger partial charge in [-0.15, -0.1) is 0 Å². The first kappa shape index (κ1) is 16.1. The van der Waals surface area contributed by atoms with Gasteiger partial charge in [0.1, 0.15) is 0 Å². The fourth-order valence-corrected chi connectivity index (χ4v) is 3.04. The molecule has 26 heavy (non-hydrogen) atoms.